The van der Waals surface area contributed by atoms with Gasteiger partial charge in [0.1, 0.15) is 18.0 Å². The van der Waals surface area contributed by atoms with E-state index >= 15 is 0 Å². The number of fused-ring (bicyclic) bond motifs is 1. The molecule has 10 heteroatoms. The highest BCUT2D eigenvalue weighted by molar-refractivity contribution is 7.89. The summed E-state index contributed by atoms with van der Waals surface area (Å²) in [7, 11) is -3.71. The van der Waals surface area contributed by atoms with Gasteiger partial charge in [0.15, 0.2) is 5.65 Å². The van der Waals surface area contributed by atoms with E-state index in [1.807, 2.05) is 0 Å². The van der Waals surface area contributed by atoms with Crippen LogP contribution in [0.3, 0.4) is 0 Å². The maximum atomic E-state index is 13.0. The molecule has 0 saturated carbocycles. The summed E-state index contributed by atoms with van der Waals surface area (Å²) in [4.78, 5) is 11.1. The fourth-order valence-electron chi connectivity index (χ4n) is 3.56. The molecular weight excluding hydrogens is 395 g/mol. The van der Waals surface area contributed by atoms with Crippen molar-refractivity contribution in [2.24, 2.45) is 0 Å². The summed E-state index contributed by atoms with van der Waals surface area (Å²) in [6.45, 7) is 2.39. The van der Waals surface area contributed by atoms with Crippen molar-refractivity contribution >= 4 is 26.9 Å². The molecule has 0 aliphatic carbocycles. The predicted molar refractivity (Wildman–Crippen MR) is 108 cm³/mol. The van der Waals surface area contributed by atoms with Crippen molar-refractivity contribution in [2.75, 3.05) is 24.5 Å². The Morgan fingerprint density at radius 3 is 2.48 bits per heavy atom. The van der Waals surface area contributed by atoms with E-state index in [1.54, 1.807) is 10.9 Å². The van der Waals surface area contributed by atoms with Gasteiger partial charge in [-0.25, -0.2) is 32.2 Å². The molecule has 8 nitrogen and oxygen atoms in total. The van der Waals surface area contributed by atoms with E-state index in [-0.39, 0.29) is 11.4 Å². The number of benzene rings is 1. The lowest BCUT2D eigenvalue weighted by Gasteiger charge is -2.21. The van der Waals surface area contributed by atoms with Crippen LogP contribution in [0, 0.1) is 5.82 Å². The van der Waals surface area contributed by atoms with E-state index in [0.29, 0.717) is 12.2 Å². The van der Waals surface area contributed by atoms with Gasteiger partial charge in [-0.1, -0.05) is 12.8 Å². The van der Waals surface area contributed by atoms with Crippen molar-refractivity contribution in [3.05, 3.63) is 42.6 Å². The Morgan fingerprint density at radius 2 is 1.76 bits per heavy atom. The molecule has 0 spiro atoms. The van der Waals surface area contributed by atoms with E-state index in [9.17, 15) is 12.8 Å². The van der Waals surface area contributed by atoms with Crippen LogP contribution in [0.1, 0.15) is 25.7 Å². The molecule has 3 heterocycles. The van der Waals surface area contributed by atoms with Gasteiger partial charge in [-0.15, -0.1) is 0 Å². The van der Waals surface area contributed by atoms with Gasteiger partial charge >= 0.3 is 0 Å². The Morgan fingerprint density at radius 1 is 1.03 bits per heavy atom. The molecule has 0 atom stereocenters. The van der Waals surface area contributed by atoms with Gasteiger partial charge in [0.2, 0.25) is 10.0 Å². The largest absolute Gasteiger partial charge is 0.356 e. The van der Waals surface area contributed by atoms with E-state index in [4.69, 9.17) is 0 Å². The summed E-state index contributed by atoms with van der Waals surface area (Å²) in [6.07, 6.45) is 8.03. The van der Waals surface area contributed by atoms with Gasteiger partial charge in [0.25, 0.3) is 0 Å². The zero-order chi connectivity index (χ0) is 20.3. The number of nitrogens with one attached hydrogen (secondary N) is 1. The van der Waals surface area contributed by atoms with Crippen LogP contribution < -0.4 is 9.62 Å². The lowest BCUT2D eigenvalue weighted by Crippen LogP contribution is -2.28. The van der Waals surface area contributed by atoms with Gasteiger partial charge in [-0.3, -0.25) is 0 Å². The number of aromatic nitrogens is 4. The molecule has 0 radical (unpaired) electrons. The van der Waals surface area contributed by atoms with Crippen LogP contribution in [-0.2, 0) is 16.6 Å². The van der Waals surface area contributed by atoms with E-state index in [2.05, 4.69) is 24.7 Å². The monoisotopic (exact) mass is 418 g/mol. The summed E-state index contributed by atoms with van der Waals surface area (Å²) < 4.78 is 41.9. The molecule has 0 bridgehead atoms. The fourth-order valence-corrected chi connectivity index (χ4v) is 4.58. The Kier molecular flexibility index (Phi) is 5.72. The SMILES string of the molecule is O=S(=O)(NCCn1ncc2c(N3CCCCCC3)ncnc21)c1ccc(F)cc1. The van der Waals surface area contributed by atoms with E-state index < -0.39 is 15.8 Å². The average Bonchev–Trinajstić information content (AvgIpc) is 2.94. The summed E-state index contributed by atoms with van der Waals surface area (Å²) in [5.41, 5.74) is 0.681. The minimum atomic E-state index is -3.71. The molecule has 1 fully saturated rings. The van der Waals surface area contributed by atoms with Gasteiger partial charge in [0.05, 0.1) is 23.0 Å². The lowest BCUT2D eigenvalue weighted by atomic mass is 10.2. The Bertz CT molecular complexity index is 1080. The van der Waals surface area contributed by atoms with Crippen molar-refractivity contribution in [1.82, 2.24) is 24.5 Å². The highest BCUT2D eigenvalue weighted by Crippen LogP contribution is 2.25. The van der Waals surface area contributed by atoms with Crippen molar-refractivity contribution < 1.29 is 12.8 Å². The van der Waals surface area contributed by atoms with E-state index in [1.165, 1.54) is 31.3 Å². The molecular formula is C19H23FN6O2S. The summed E-state index contributed by atoms with van der Waals surface area (Å²) in [5.74, 6) is 0.405. The van der Waals surface area contributed by atoms with Gasteiger partial charge < -0.3 is 4.90 Å². The second kappa shape index (κ2) is 8.42. The van der Waals surface area contributed by atoms with Crippen LogP contribution in [0.2, 0.25) is 0 Å². The number of hydrogen-bond acceptors (Lipinski definition) is 6. The number of hydrogen-bond donors (Lipinski definition) is 1. The lowest BCUT2D eigenvalue weighted by molar-refractivity contribution is 0.564. The highest BCUT2D eigenvalue weighted by atomic mass is 32.2. The van der Waals surface area contributed by atoms with Gasteiger partial charge in [0, 0.05) is 19.6 Å². The molecule has 29 heavy (non-hydrogen) atoms. The number of anilines is 1. The van der Waals surface area contributed by atoms with Crippen molar-refractivity contribution in [3.63, 3.8) is 0 Å². The number of sulfonamides is 1. The smallest absolute Gasteiger partial charge is 0.240 e. The quantitative estimate of drug-likeness (QED) is 0.660. The third-order valence-corrected chi connectivity index (χ3v) is 6.53. The fraction of sp³-hybridized carbons (Fsp3) is 0.421. The predicted octanol–water partition coefficient (Wildman–Crippen LogP) is 2.32. The Labute approximate surface area is 168 Å². The highest BCUT2D eigenvalue weighted by Gasteiger charge is 2.18. The summed E-state index contributed by atoms with van der Waals surface area (Å²) in [5, 5.41) is 5.25. The van der Waals surface area contributed by atoms with Crippen molar-refractivity contribution in [1.29, 1.82) is 0 Å². The number of nitrogens with zero attached hydrogens (tertiary/aromatic N) is 5. The standard InChI is InChI=1S/C19H23FN6O2S/c20-15-5-7-16(8-6-15)29(27,28)24-9-12-26-19-17(13-23-26)18(21-14-22-19)25-10-3-1-2-4-11-25/h5-8,13-14,24H,1-4,9-12H2. The molecule has 1 N–H and O–H groups in total. The average molecular weight is 418 g/mol. The Hall–Kier alpha value is -2.59. The Balaban J connectivity index is 1.47. The molecule has 1 aromatic carbocycles. The molecule has 4 rings (SSSR count). The zero-order valence-electron chi connectivity index (χ0n) is 16.0. The minimum absolute atomic E-state index is 0.0231. The van der Waals surface area contributed by atoms with Gasteiger partial charge in [-0.2, -0.15) is 5.10 Å². The normalized spacial score (nSPS) is 15.6. The molecule has 0 amide bonds. The molecule has 0 unspecified atom stereocenters. The molecule has 1 aliphatic rings. The van der Waals surface area contributed by atoms with Crippen LogP contribution >= 0.6 is 0 Å². The summed E-state index contributed by atoms with van der Waals surface area (Å²) >= 11 is 0. The van der Waals surface area contributed by atoms with Crippen LogP contribution in [0.4, 0.5) is 10.2 Å². The second-order valence-corrected chi connectivity index (χ2v) is 8.82. The minimum Gasteiger partial charge on any atom is -0.356 e. The van der Waals surface area contributed by atoms with Gasteiger partial charge in [-0.05, 0) is 37.1 Å². The number of halogens is 1. The first-order valence-electron chi connectivity index (χ1n) is 9.71. The second-order valence-electron chi connectivity index (χ2n) is 7.06. The van der Waals surface area contributed by atoms with Crippen LogP contribution in [0.5, 0.6) is 0 Å². The topological polar surface area (TPSA) is 93.0 Å². The molecule has 3 aromatic rings. The van der Waals surface area contributed by atoms with E-state index in [0.717, 1.165) is 49.3 Å². The third-order valence-electron chi connectivity index (χ3n) is 5.06. The van der Waals surface area contributed by atoms with Crippen LogP contribution in [0.15, 0.2) is 41.7 Å². The molecule has 1 aliphatic heterocycles. The van der Waals surface area contributed by atoms with Crippen LogP contribution in [0.25, 0.3) is 11.0 Å². The molecule has 1 saturated heterocycles. The first kappa shape index (κ1) is 19.7. The first-order chi connectivity index (χ1) is 14.0. The van der Waals surface area contributed by atoms with Crippen molar-refractivity contribution in [3.8, 4) is 0 Å². The number of rotatable bonds is 6. The third kappa shape index (κ3) is 4.38. The molecule has 154 valence electrons. The maximum absolute atomic E-state index is 13.0. The maximum Gasteiger partial charge on any atom is 0.240 e. The van der Waals surface area contributed by atoms with Crippen LogP contribution in [-0.4, -0.2) is 47.8 Å². The summed E-state index contributed by atoms with van der Waals surface area (Å²) in [6, 6.07) is 4.72. The first-order valence-corrected chi connectivity index (χ1v) is 11.2. The molecule has 2 aromatic heterocycles. The zero-order valence-corrected chi connectivity index (χ0v) is 16.8. The van der Waals surface area contributed by atoms with Crippen molar-refractivity contribution in [2.45, 2.75) is 37.1 Å².